The minimum absolute atomic E-state index is 0.0571. The highest BCUT2D eigenvalue weighted by molar-refractivity contribution is 5.98. The number of nitrogens with zero attached hydrogens (tertiary/aromatic N) is 1. The molecule has 100 valence electrons. The summed E-state index contributed by atoms with van der Waals surface area (Å²) in [4.78, 5) is 17.3. The zero-order valence-corrected chi connectivity index (χ0v) is 11.1. The molecule has 0 spiro atoms. The molecule has 1 amide bonds. The van der Waals surface area contributed by atoms with Crippen LogP contribution in [0.2, 0.25) is 0 Å². The molecule has 0 saturated heterocycles. The highest BCUT2D eigenvalue weighted by atomic mass is 16.2. The molecule has 2 aromatic rings. The van der Waals surface area contributed by atoms with Gasteiger partial charge in [0.1, 0.15) is 5.69 Å². The van der Waals surface area contributed by atoms with Gasteiger partial charge in [0.05, 0.1) is 0 Å². The number of H-pyrrole nitrogens is 1. The fraction of sp³-hybridized carbons (Fsp3) is 0.400. The van der Waals surface area contributed by atoms with Crippen molar-refractivity contribution in [3.8, 4) is 0 Å². The van der Waals surface area contributed by atoms with Crippen molar-refractivity contribution in [2.45, 2.75) is 19.3 Å². The minimum Gasteiger partial charge on any atom is -0.399 e. The third-order valence-corrected chi connectivity index (χ3v) is 3.98. The van der Waals surface area contributed by atoms with E-state index in [-0.39, 0.29) is 5.91 Å². The second-order valence-electron chi connectivity index (χ2n) is 5.51. The van der Waals surface area contributed by atoms with E-state index in [0.717, 1.165) is 17.4 Å². The van der Waals surface area contributed by atoms with Crippen molar-refractivity contribution in [3.63, 3.8) is 0 Å². The van der Waals surface area contributed by atoms with E-state index in [1.165, 1.54) is 19.3 Å². The average Bonchev–Trinajstić information content (AvgIpc) is 2.75. The number of nitrogen functional groups attached to an aromatic ring is 1. The number of fused-ring (bicyclic) bond motifs is 1. The normalized spacial score (nSPS) is 15.4. The number of hydrogen-bond donors (Lipinski definition) is 2. The molecule has 3 N–H and O–H groups in total. The van der Waals surface area contributed by atoms with Gasteiger partial charge in [0.25, 0.3) is 5.91 Å². The summed E-state index contributed by atoms with van der Waals surface area (Å²) in [5.41, 5.74) is 8.06. The van der Waals surface area contributed by atoms with E-state index in [4.69, 9.17) is 5.73 Å². The molecule has 1 aliphatic rings. The molecule has 1 fully saturated rings. The van der Waals surface area contributed by atoms with Gasteiger partial charge in [-0.05, 0) is 43.0 Å². The highest BCUT2D eigenvalue weighted by Crippen LogP contribution is 2.27. The fourth-order valence-electron chi connectivity index (χ4n) is 2.62. The predicted octanol–water partition coefficient (Wildman–Crippen LogP) is 2.62. The number of nitrogens with one attached hydrogen (secondary N) is 1. The Morgan fingerprint density at radius 3 is 2.89 bits per heavy atom. The molecule has 4 nitrogen and oxygen atoms in total. The van der Waals surface area contributed by atoms with Gasteiger partial charge in [-0.2, -0.15) is 0 Å². The number of aromatic nitrogens is 1. The standard InChI is InChI=1S/C15H19N3O/c1-18(9-10-3-2-4-10)15(19)14-8-11-7-12(16)5-6-13(11)17-14/h5-8,10,17H,2-4,9,16H2,1H3. The SMILES string of the molecule is CN(CC1CCC1)C(=O)c1cc2cc(N)ccc2[nH]1. The maximum Gasteiger partial charge on any atom is 0.270 e. The topological polar surface area (TPSA) is 62.1 Å². The second kappa shape index (κ2) is 4.61. The molecule has 3 rings (SSSR count). The summed E-state index contributed by atoms with van der Waals surface area (Å²) in [5, 5.41) is 0.986. The van der Waals surface area contributed by atoms with E-state index in [1.54, 1.807) is 0 Å². The lowest BCUT2D eigenvalue weighted by molar-refractivity contribution is 0.0740. The van der Waals surface area contributed by atoms with Crippen LogP contribution < -0.4 is 5.73 Å². The van der Waals surface area contributed by atoms with Crippen LogP contribution in [-0.4, -0.2) is 29.4 Å². The Labute approximate surface area is 112 Å². The predicted molar refractivity (Wildman–Crippen MR) is 77.0 cm³/mol. The van der Waals surface area contributed by atoms with Gasteiger partial charge in [-0.25, -0.2) is 0 Å². The highest BCUT2D eigenvalue weighted by Gasteiger charge is 2.22. The van der Waals surface area contributed by atoms with Crippen LogP contribution in [0.25, 0.3) is 10.9 Å². The molecule has 1 aromatic heterocycles. The first kappa shape index (κ1) is 12.1. The number of nitrogens with two attached hydrogens (primary N) is 1. The van der Waals surface area contributed by atoms with Gasteiger partial charge in [0, 0.05) is 30.2 Å². The number of benzene rings is 1. The lowest BCUT2D eigenvalue weighted by Gasteiger charge is -2.29. The minimum atomic E-state index is 0.0571. The molecule has 19 heavy (non-hydrogen) atoms. The van der Waals surface area contributed by atoms with Crippen molar-refractivity contribution >= 4 is 22.5 Å². The molecule has 0 bridgehead atoms. The van der Waals surface area contributed by atoms with Crippen molar-refractivity contribution in [3.05, 3.63) is 30.0 Å². The van der Waals surface area contributed by atoms with Crippen molar-refractivity contribution in [2.75, 3.05) is 19.3 Å². The molecular weight excluding hydrogens is 238 g/mol. The van der Waals surface area contributed by atoms with Crippen LogP contribution >= 0.6 is 0 Å². The second-order valence-corrected chi connectivity index (χ2v) is 5.51. The summed E-state index contributed by atoms with van der Waals surface area (Å²) < 4.78 is 0. The number of aromatic amines is 1. The van der Waals surface area contributed by atoms with Crippen LogP contribution in [0.5, 0.6) is 0 Å². The zero-order valence-electron chi connectivity index (χ0n) is 11.1. The Morgan fingerprint density at radius 2 is 2.21 bits per heavy atom. The van der Waals surface area contributed by atoms with Crippen LogP contribution in [0.15, 0.2) is 24.3 Å². The van der Waals surface area contributed by atoms with E-state index >= 15 is 0 Å². The lowest BCUT2D eigenvalue weighted by Crippen LogP contribution is -2.34. The summed E-state index contributed by atoms with van der Waals surface area (Å²) in [7, 11) is 1.88. The molecular formula is C15H19N3O. The molecule has 1 saturated carbocycles. The van der Waals surface area contributed by atoms with Gasteiger partial charge >= 0.3 is 0 Å². The number of hydrogen-bond acceptors (Lipinski definition) is 2. The van der Waals surface area contributed by atoms with Crippen molar-refractivity contribution in [1.82, 2.24) is 9.88 Å². The van der Waals surface area contributed by atoms with Crippen molar-refractivity contribution in [2.24, 2.45) is 5.92 Å². The Balaban J connectivity index is 1.80. The summed E-state index contributed by atoms with van der Waals surface area (Å²) in [5.74, 6) is 0.746. The van der Waals surface area contributed by atoms with Gasteiger partial charge in [-0.15, -0.1) is 0 Å². The van der Waals surface area contributed by atoms with Crippen molar-refractivity contribution < 1.29 is 4.79 Å². The average molecular weight is 257 g/mol. The van der Waals surface area contributed by atoms with Crippen LogP contribution in [0.3, 0.4) is 0 Å². The van der Waals surface area contributed by atoms with Gasteiger partial charge in [0.15, 0.2) is 0 Å². The third-order valence-electron chi connectivity index (χ3n) is 3.98. The first-order valence-corrected chi connectivity index (χ1v) is 6.77. The van der Waals surface area contributed by atoms with Crippen LogP contribution in [-0.2, 0) is 0 Å². The van der Waals surface area contributed by atoms with E-state index in [0.29, 0.717) is 17.3 Å². The number of rotatable bonds is 3. The Kier molecular flexibility index (Phi) is 2.93. The first-order valence-electron chi connectivity index (χ1n) is 6.77. The Hall–Kier alpha value is -1.97. The molecule has 0 aliphatic heterocycles. The molecule has 0 atom stereocenters. The van der Waals surface area contributed by atoms with E-state index < -0.39 is 0 Å². The van der Waals surface area contributed by atoms with E-state index in [9.17, 15) is 4.79 Å². The summed E-state index contributed by atoms with van der Waals surface area (Å²) in [6.07, 6.45) is 3.81. The van der Waals surface area contributed by atoms with Crippen LogP contribution in [0.4, 0.5) is 5.69 Å². The summed E-state index contributed by atoms with van der Waals surface area (Å²) >= 11 is 0. The molecule has 4 heteroatoms. The molecule has 1 heterocycles. The first-order chi connectivity index (χ1) is 9.13. The largest absolute Gasteiger partial charge is 0.399 e. The molecule has 0 unspecified atom stereocenters. The number of amides is 1. The maximum absolute atomic E-state index is 12.3. The van der Waals surface area contributed by atoms with Crippen molar-refractivity contribution in [1.29, 1.82) is 0 Å². The number of carbonyl (C=O) groups is 1. The smallest absolute Gasteiger partial charge is 0.270 e. The number of anilines is 1. The van der Waals surface area contributed by atoms with Gasteiger partial charge in [-0.3, -0.25) is 4.79 Å². The molecule has 1 aliphatic carbocycles. The van der Waals surface area contributed by atoms with Crippen LogP contribution in [0.1, 0.15) is 29.8 Å². The summed E-state index contributed by atoms with van der Waals surface area (Å²) in [6.45, 7) is 0.857. The Morgan fingerprint density at radius 1 is 1.42 bits per heavy atom. The maximum atomic E-state index is 12.3. The van der Waals surface area contributed by atoms with E-state index in [1.807, 2.05) is 36.2 Å². The zero-order chi connectivity index (χ0) is 13.4. The number of carbonyl (C=O) groups excluding carboxylic acids is 1. The molecule has 0 radical (unpaired) electrons. The van der Waals surface area contributed by atoms with Gasteiger partial charge in [0.2, 0.25) is 0 Å². The Bertz CT molecular complexity index is 613. The van der Waals surface area contributed by atoms with Crippen LogP contribution in [0, 0.1) is 5.92 Å². The molecule has 1 aromatic carbocycles. The third kappa shape index (κ3) is 2.30. The van der Waals surface area contributed by atoms with Gasteiger partial charge < -0.3 is 15.6 Å². The monoisotopic (exact) mass is 257 g/mol. The van der Waals surface area contributed by atoms with E-state index in [2.05, 4.69) is 4.98 Å². The fourth-order valence-corrected chi connectivity index (χ4v) is 2.62. The lowest BCUT2D eigenvalue weighted by atomic mass is 9.85. The summed E-state index contributed by atoms with van der Waals surface area (Å²) in [6, 6.07) is 7.51. The van der Waals surface area contributed by atoms with Gasteiger partial charge in [-0.1, -0.05) is 6.42 Å². The quantitative estimate of drug-likeness (QED) is 0.830.